The van der Waals surface area contributed by atoms with Crippen LogP contribution in [-0.2, 0) is 6.42 Å². The summed E-state index contributed by atoms with van der Waals surface area (Å²) in [6.45, 7) is 1.99. The molecule has 0 fully saturated rings. The van der Waals surface area contributed by atoms with Crippen LogP contribution in [-0.4, -0.2) is 5.11 Å². The van der Waals surface area contributed by atoms with E-state index in [0.717, 1.165) is 11.1 Å². The van der Waals surface area contributed by atoms with Crippen LogP contribution in [0.1, 0.15) is 22.8 Å². The highest BCUT2D eigenvalue weighted by Crippen LogP contribution is 2.24. The fourth-order valence-corrected chi connectivity index (χ4v) is 2.01. The first-order valence-corrected chi connectivity index (χ1v) is 5.85. The molecule has 0 aliphatic carbocycles. The summed E-state index contributed by atoms with van der Waals surface area (Å²) in [5.74, 6) is -0.387. The Morgan fingerprint density at radius 2 is 2.00 bits per heavy atom. The molecule has 0 aliphatic rings. The predicted molar refractivity (Wildman–Crippen MR) is 70.7 cm³/mol. The monoisotopic (exact) mass is 245 g/mol. The zero-order valence-corrected chi connectivity index (χ0v) is 10.2. The van der Waals surface area contributed by atoms with Crippen molar-refractivity contribution in [2.24, 2.45) is 0 Å². The van der Waals surface area contributed by atoms with Crippen LogP contribution in [0.15, 0.2) is 42.5 Å². The lowest BCUT2D eigenvalue weighted by atomic mass is 9.99. The van der Waals surface area contributed by atoms with Crippen LogP contribution in [0.5, 0.6) is 0 Å². The van der Waals surface area contributed by atoms with Crippen molar-refractivity contribution in [3.63, 3.8) is 0 Å². The van der Waals surface area contributed by atoms with Gasteiger partial charge in [0.1, 0.15) is 5.82 Å². The van der Waals surface area contributed by atoms with Crippen LogP contribution in [0.4, 0.5) is 10.1 Å². The summed E-state index contributed by atoms with van der Waals surface area (Å²) >= 11 is 0. The van der Waals surface area contributed by atoms with Crippen molar-refractivity contribution in [1.82, 2.24) is 0 Å². The molecular formula is C15H16FNO. The molecule has 2 rings (SSSR count). The number of aliphatic hydroxyl groups excluding tert-OH is 1. The summed E-state index contributed by atoms with van der Waals surface area (Å²) in [5.41, 5.74) is 8.74. The summed E-state index contributed by atoms with van der Waals surface area (Å²) in [5, 5.41) is 10.1. The summed E-state index contributed by atoms with van der Waals surface area (Å²) < 4.78 is 13.1. The van der Waals surface area contributed by atoms with Crippen molar-refractivity contribution >= 4 is 5.69 Å². The third-order valence-electron chi connectivity index (χ3n) is 2.92. The molecule has 0 amide bonds. The van der Waals surface area contributed by atoms with Gasteiger partial charge in [-0.3, -0.25) is 0 Å². The van der Waals surface area contributed by atoms with Gasteiger partial charge in [0, 0.05) is 17.7 Å². The van der Waals surface area contributed by atoms with Gasteiger partial charge in [-0.25, -0.2) is 4.39 Å². The van der Waals surface area contributed by atoms with Crippen LogP contribution >= 0.6 is 0 Å². The Kier molecular flexibility index (Phi) is 3.63. The quantitative estimate of drug-likeness (QED) is 0.816. The molecule has 0 spiro atoms. The number of nitrogens with two attached hydrogens (primary N) is 1. The molecule has 2 aromatic rings. The Labute approximate surface area is 106 Å². The zero-order chi connectivity index (χ0) is 13.1. The molecule has 2 aromatic carbocycles. The second-order valence-corrected chi connectivity index (χ2v) is 4.48. The molecule has 0 aromatic heterocycles. The first-order valence-electron chi connectivity index (χ1n) is 5.85. The summed E-state index contributed by atoms with van der Waals surface area (Å²) in [6, 6.07) is 11.9. The second kappa shape index (κ2) is 5.19. The SMILES string of the molecule is Cc1cccc(CC(O)c2cc(F)ccc2N)c1. The minimum atomic E-state index is -0.789. The van der Waals surface area contributed by atoms with E-state index in [-0.39, 0.29) is 5.82 Å². The van der Waals surface area contributed by atoms with Crippen molar-refractivity contribution in [3.05, 3.63) is 65.0 Å². The van der Waals surface area contributed by atoms with Crippen molar-refractivity contribution in [1.29, 1.82) is 0 Å². The van der Waals surface area contributed by atoms with E-state index in [0.29, 0.717) is 17.7 Å². The van der Waals surface area contributed by atoms with Gasteiger partial charge in [0.2, 0.25) is 0 Å². The van der Waals surface area contributed by atoms with Gasteiger partial charge in [-0.15, -0.1) is 0 Å². The topological polar surface area (TPSA) is 46.2 Å². The number of hydrogen-bond donors (Lipinski definition) is 2. The molecule has 18 heavy (non-hydrogen) atoms. The van der Waals surface area contributed by atoms with E-state index >= 15 is 0 Å². The minimum absolute atomic E-state index is 0.387. The highest BCUT2D eigenvalue weighted by molar-refractivity contribution is 5.48. The van der Waals surface area contributed by atoms with Crippen LogP contribution in [0.25, 0.3) is 0 Å². The van der Waals surface area contributed by atoms with Crippen molar-refractivity contribution in [2.75, 3.05) is 5.73 Å². The van der Waals surface area contributed by atoms with Gasteiger partial charge in [0.15, 0.2) is 0 Å². The van der Waals surface area contributed by atoms with E-state index in [1.807, 2.05) is 31.2 Å². The number of aliphatic hydroxyl groups is 1. The predicted octanol–water partition coefficient (Wildman–Crippen LogP) is 2.99. The maximum absolute atomic E-state index is 13.1. The number of benzene rings is 2. The van der Waals surface area contributed by atoms with Gasteiger partial charge in [-0.1, -0.05) is 29.8 Å². The molecule has 1 unspecified atom stereocenters. The molecular weight excluding hydrogens is 229 g/mol. The molecule has 0 saturated carbocycles. The molecule has 3 heteroatoms. The molecule has 3 N–H and O–H groups in total. The fraction of sp³-hybridized carbons (Fsp3) is 0.200. The molecule has 0 saturated heterocycles. The maximum atomic E-state index is 13.1. The van der Waals surface area contributed by atoms with Gasteiger partial charge < -0.3 is 10.8 Å². The molecule has 0 aliphatic heterocycles. The zero-order valence-electron chi connectivity index (χ0n) is 10.2. The van der Waals surface area contributed by atoms with Crippen LogP contribution < -0.4 is 5.73 Å². The highest BCUT2D eigenvalue weighted by Gasteiger charge is 2.12. The smallest absolute Gasteiger partial charge is 0.123 e. The van der Waals surface area contributed by atoms with E-state index < -0.39 is 6.10 Å². The van der Waals surface area contributed by atoms with E-state index in [9.17, 15) is 9.50 Å². The fourth-order valence-electron chi connectivity index (χ4n) is 2.01. The van der Waals surface area contributed by atoms with Crippen LogP contribution in [0.2, 0.25) is 0 Å². The number of nitrogen functional groups attached to an aromatic ring is 1. The van der Waals surface area contributed by atoms with Gasteiger partial charge >= 0.3 is 0 Å². The average Bonchev–Trinajstić information content (AvgIpc) is 2.32. The number of rotatable bonds is 3. The number of halogens is 1. The molecule has 2 nitrogen and oxygen atoms in total. The molecule has 1 atom stereocenters. The summed E-state index contributed by atoms with van der Waals surface area (Å²) in [4.78, 5) is 0. The van der Waals surface area contributed by atoms with E-state index in [2.05, 4.69) is 0 Å². The maximum Gasteiger partial charge on any atom is 0.123 e. The highest BCUT2D eigenvalue weighted by atomic mass is 19.1. The number of aryl methyl sites for hydroxylation is 1. The second-order valence-electron chi connectivity index (χ2n) is 4.48. The lowest BCUT2D eigenvalue weighted by Crippen LogP contribution is -2.06. The molecule has 0 bridgehead atoms. The van der Waals surface area contributed by atoms with E-state index in [1.54, 1.807) is 0 Å². The van der Waals surface area contributed by atoms with E-state index in [1.165, 1.54) is 18.2 Å². The number of hydrogen-bond acceptors (Lipinski definition) is 2. The molecule has 0 radical (unpaired) electrons. The normalized spacial score (nSPS) is 12.4. The Hall–Kier alpha value is -1.87. The molecule has 0 heterocycles. The Bertz CT molecular complexity index is 554. The minimum Gasteiger partial charge on any atom is -0.398 e. The van der Waals surface area contributed by atoms with Gasteiger partial charge in [-0.2, -0.15) is 0 Å². The average molecular weight is 245 g/mol. The standard InChI is InChI=1S/C15H16FNO/c1-10-3-2-4-11(7-10)8-15(18)13-9-12(16)5-6-14(13)17/h2-7,9,15,18H,8,17H2,1H3. The third kappa shape index (κ3) is 2.87. The van der Waals surface area contributed by atoms with Crippen LogP contribution in [0.3, 0.4) is 0 Å². The largest absolute Gasteiger partial charge is 0.398 e. The Balaban J connectivity index is 2.21. The molecule has 94 valence electrons. The first-order chi connectivity index (χ1) is 8.56. The van der Waals surface area contributed by atoms with Crippen LogP contribution in [0, 0.1) is 12.7 Å². The van der Waals surface area contributed by atoms with Gasteiger partial charge in [0.25, 0.3) is 0 Å². The third-order valence-corrected chi connectivity index (χ3v) is 2.92. The van der Waals surface area contributed by atoms with Crippen molar-refractivity contribution in [2.45, 2.75) is 19.4 Å². The number of anilines is 1. The van der Waals surface area contributed by atoms with Gasteiger partial charge in [-0.05, 0) is 30.7 Å². The van der Waals surface area contributed by atoms with Gasteiger partial charge in [0.05, 0.1) is 6.10 Å². The van der Waals surface area contributed by atoms with Crippen molar-refractivity contribution in [3.8, 4) is 0 Å². The Morgan fingerprint density at radius 1 is 1.22 bits per heavy atom. The Morgan fingerprint density at radius 3 is 2.72 bits per heavy atom. The lowest BCUT2D eigenvalue weighted by Gasteiger charge is -2.14. The van der Waals surface area contributed by atoms with Crippen molar-refractivity contribution < 1.29 is 9.50 Å². The first kappa shape index (κ1) is 12.6. The summed E-state index contributed by atoms with van der Waals surface area (Å²) in [7, 11) is 0. The lowest BCUT2D eigenvalue weighted by molar-refractivity contribution is 0.179. The van der Waals surface area contributed by atoms with E-state index in [4.69, 9.17) is 5.73 Å². The summed E-state index contributed by atoms with van der Waals surface area (Å²) in [6.07, 6.45) is -0.363.